The zero-order valence-corrected chi connectivity index (χ0v) is 9.05. The molecule has 1 aliphatic heterocycles. The van der Waals surface area contributed by atoms with Crippen LogP contribution >= 0.6 is 11.3 Å². The van der Waals surface area contributed by atoms with Crippen molar-refractivity contribution in [1.82, 2.24) is 4.98 Å². The molecule has 1 saturated heterocycles. The Balaban J connectivity index is 1.89. The third-order valence-corrected chi connectivity index (χ3v) is 3.40. The summed E-state index contributed by atoms with van der Waals surface area (Å²) in [6.45, 7) is 1.46. The number of thiazole rings is 1. The van der Waals surface area contributed by atoms with Crippen molar-refractivity contribution in [1.29, 1.82) is 0 Å². The van der Waals surface area contributed by atoms with Crippen molar-refractivity contribution < 1.29 is 4.74 Å². The molecule has 0 bridgehead atoms. The molecule has 0 amide bonds. The Morgan fingerprint density at radius 2 is 2.50 bits per heavy atom. The zero-order valence-electron chi connectivity index (χ0n) is 8.24. The van der Waals surface area contributed by atoms with Crippen LogP contribution in [0.5, 0.6) is 0 Å². The van der Waals surface area contributed by atoms with Crippen LogP contribution in [0, 0.1) is 0 Å². The highest BCUT2D eigenvalue weighted by Crippen LogP contribution is 2.19. The molecule has 3 nitrogen and oxygen atoms in total. The molecule has 0 saturated carbocycles. The number of aromatic nitrogens is 1. The highest BCUT2D eigenvalue weighted by Gasteiger charge is 2.15. The van der Waals surface area contributed by atoms with Gasteiger partial charge in [-0.2, -0.15) is 0 Å². The molecule has 14 heavy (non-hydrogen) atoms. The van der Waals surface area contributed by atoms with Crippen molar-refractivity contribution in [3.05, 3.63) is 16.1 Å². The quantitative estimate of drug-likeness (QED) is 0.829. The first-order valence-corrected chi connectivity index (χ1v) is 6.01. The highest BCUT2D eigenvalue weighted by molar-refractivity contribution is 7.09. The van der Waals surface area contributed by atoms with E-state index in [0.29, 0.717) is 12.6 Å². The predicted octanol–water partition coefficient (Wildman–Crippen LogP) is 1.71. The molecule has 0 aromatic carbocycles. The molecule has 4 heteroatoms. The normalized spacial score (nSPS) is 22.5. The first-order chi connectivity index (χ1) is 6.88. The fraction of sp³-hybridized carbons (Fsp3) is 0.700. The van der Waals surface area contributed by atoms with Gasteiger partial charge in [-0.15, -0.1) is 11.3 Å². The lowest BCUT2D eigenvalue weighted by molar-refractivity contribution is 0.0167. The summed E-state index contributed by atoms with van der Waals surface area (Å²) in [5.41, 5.74) is 6.51. The number of rotatable bonds is 3. The molecule has 1 unspecified atom stereocenters. The minimum atomic E-state index is 0.389. The maximum atomic E-state index is 5.66. The van der Waals surface area contributed by atoms with Gasteiger partial charge in [-0.05, 0) is 19.3 Å². The number of ether oxygens (including phenoxy) is 1. The van der Waals surface area contributed by atoms with Gasteiger partial charge in [0.15, 0.2) is 0 Å². The van der Waals surface area contributed by atoms with Gasteiger partial charge in [0.2, 0.25) is 0 Å². The van der Waals surface area contributed by atoms with Crippen LogP contribution in [0.25, 0.3) is 0 Å². The summed E-state index contributed by atoms with van der Waals surface area (Å²) in [6, 6.07) is 0. The van der Waals surface area contributed by atoms with E-state index in [0.717, 1.165) is 23.7 Å². The molecule has 2 heterocycles. The highest BCUT2D eigenvalue weighted by atomic mass is 32.1. The second-order valence-corrected chi connectivity index (χ2v) is 4.57. The fourth-order valence-corrected chi connectivity index (χ4v) is 2.57. The van der Waals surface area contributed by atoms with Gasteiger partial charge in [0.25, 0.3) is 0 Å². The molecular formula is C10H16N2OS. The summed E-state index contributed by atoms with van der Waals surface area (Å²) in [5, 5.41) is 3.20. The van der Waals surface area contributed by atoms with E-state index in [1.807, 2.05) is 5.38 Å². The Labute approximate surface area is 88.3 Å². The fourth-order valence-electron chi connectivity index (χ4n) is 1.70. The minimum absolute atomic E-state index is 0.389. The average molecular weight is 212 g/mol. The van der Waals surface area contributed by atoms with Crippen molar-refractivity contribution in [3.63, 3.8) is 0 Å². The minimum Gasteiger partial charge on any atom is -0.378 e. The van der Waals surface area contributed by atoms with Crippen molar-refractivity contribution in [2.24, 2.45) is 5.73 Å². The Kier molecular flexibility index (Phi) is 3.50. The Bertz CT molecular complexity index is 281. The van der Waals surface area contributed by atoms with Crippen LogP contribution in [-0.4, -0.2) is 17.7 Å². The number of hydrogen-bond acceptors (Lipinski definition) is 4. The van der Waals surface area contributed by atoms with E-state index >= 15 is 0 Å². The third kappa shape index (κ3) is 2.53. The number of nitrogens with two attached hydrogens (primary N) is 1. The molecule has 2 N–H and O–H groups in total. The van der Waals surface area contributed by atoms with Crippen molar-refractivity contribution in [2.75, 3.05) is 6.61 Å². The second kappa shape index (κ2) is 4.87. The summed E-state index contributed by atoms with van der Waals surface area (Å²) >= 11 is 1.70. The molecule has 1 aliphatic rings. The number of hydrogen-bond donors (Lipinski definition) is 1. The average Bonchev–Trinajstić information content (AvgIpc) is 2.67. The van der Waals surface area contributed by atoms with E-state index in [1.54, 1.807) is 11.3 Å². The summed E-state index contributed by atoms with van der Waals surface area (Å²) in [6.07, 6.45) is 5.03. The Morgan fingerprint density at radius 1 is 1.57 bits per heavy atom. The van der Waals surface area contributed by atoms with E-state index in [4.69, 9.17) is 10.5 Å². The summed E-state index contributed by atoms with van der Waals surface area (Å²) in [5.74, 6) is 0. The van der Waals surface area contributed by atoms with Gasteiger partial charge >= 0.3 is 0 Å². The molecule has 1 aromatic rings. The Hall–Kier alpha value is -0.450. The largest absolute Gasteiger partial charge is 0.378 e. The lowest BCUT2D eigenvalue weighted by Gasteiger charge is -2.21. The molecule has 0 aliphatic carbocycles. The van der Waals surface area contributed by atoms with Gasteiger partial charge < -0.3 is 10.5 Å². The molecule has 0 spiro atoms. The maximum absolute atomic E-state index is 5.66. The standard InChI is InChI=1S/C10H16N2OS/c11-6-8-7-14-10(12-8)5-9-3-1-2-4-13-9/h7,9H,1-6,11H2. The molecule has 2 rings (SSSR count). The second-order valence-electron chi connectivity index (χ2n) is 3.63. The van der Waals surface area contributed by atoms with E-state index in [-0.39, 0.29) is 0 Å². The zero-order chi connectivity index (χ0) is 9.80. The predicted molar refractivity (Wildman–Crippen MR) is 57.3 cm³/mol. The molecular weight excluding hydrogens is 196 g/mol. The first kappa shape index (κ1) is 10.1. The van der Waals surface area contributed by atoms with Gasteiger partial charge in [-0.25, -0.2) is 4.98 Å². The van der Waals surface area contributed by atoms with Crippen LogP contribution in [0.4, 0.5) is 0 Å². The lowest BCUT2D eigenvalue weighted by atomic mass is 10.1. The van der Waals surface area contributed by atoms with Gasteiger partial charge in [0.1, 0.15) is 0 Å². The van der Waals surface area contributed by atoms with Gasteiger partial charge in [-0.1, -0.05) is 0 Å². The van der Waals surface area contributed by atoms with Crippen molar-refractivity contribution in [2.45, 2.75) is 38.3 Å². The van der Waals surface area contributed by atoms with Crippen LogP contribution in [0.2, 0.25) is 0 Å². The van der Waals surface area contributed by atoms with E-state index < -0.39 is 0 Å². The molecule has 0 radical (unpaired) electrons. The summed E-state index contributed by atoms with van der Waals surface area (Å²) in [4.78, 5) is 4.44. The smallest absolute Gasteiger partial charge is 0.0954 e. The van der Waals surface area contributed by atoms with Crippen LogP contribution in [-0.2, 0) is 17.7 Å². The summed E-state index contributed by atoms with van der Waals surface area (Å²) < 4.78 is 5.66. The van der Waals surface area contributed by atoms with Crippen LogP contribution < -0.4 is 5.73 Å². The van der Waals surface area contributed by atoms with Crippen LogP contribution in [0.1, 0.15) is 30.0 Å². The SMILES string of the molecule is NCc1csc(CC2CCCCO2)n1. The molecule has 78 valence electrons. The van der Waals surface area contributed by atoms with Gasteiger partial charge in [-0.3, -0.25) is 0 Å². The van der Waals surface area contributed by atoms with Crippen LogP contribution in [0.15, 0.2) is 5.38 Å². The maximum Gasteiger partial charge on any atom is 0.0954 e. The van der Waals surface area contributed by atoms with Gasteiger partial charge in [0, 0.05) is 25.0 Å². The lowest BCUT2D eigenvalue weighted by Crippen LogP contribution is -2.21. The van der Waals surface area contributed by atoms with E-state index in [1.165, 1.54) is 19.3 Å². The monoisotopic (exact) mass is 212 g/mol. The molecule has 1 fully saturated rings. The summed E-state index contributed by atoms with van der Waals surface area (Å²) in [7, 11) is 0. The van der Waals surface area contributed by atoms with E-state index in [9.17, 15) is 0 Å². The van der Waals surface area contributed by atoms with Crippen LogP contribution in [0.3, 0.4) is 0 Å². The first-order valence-electron chi connectivity index (χ1n) is 5.13. The topological polar surface area (TPSA) is 48.1 Å². The Morgan fingerprint density at radius 3 is 3.14 bits per heavy atom. The van der Waals surface area contributed by atoms with Gasteiger partial charge in [0.05, 0.1) is 16.8 Å². The van der Waals surface area contributed by atoms with E-state index in [2.05, 4.69) is 4.98 Å². The van der Waals surface area contributed by atoms with Crippen molar-refractivity contribution in [3.8, 4) is 0 Å². The molecule has 1 aromatic heterocycles. The molecule has 1 atom stereocenters. The third-order valence-electron chi connectivity index (χ3n) is 2.48. The van der Waals surface area contributed by atoms with Crippen molar-refractivity contribution >= 4 is 11.3 Å². The number of nitrogens with zero attached hydrogens (tertiary/aromatic N) is 1.